The first-order chi connectivity index (χ1) is 12.3. The van der Waals surface area contributed by atoms with Crippen molar-refractivity contribution in [1.82, 2.24) is 5.32 Å². The highest BCUT2D eigenvalue weighted by atomic mass is 16.4. The molecule has 146 valence electrons. The van der Waals surface area contributed by atoms with Gasteiger partial charge in [-0.25, -0.2) is 0 Å². The smallest absolute Gasteiger partial charge is 0.320 e. The summed E-state index contributed by atoms with van der Waals surface area (Å²) in [5.41, 5.74) is 6.32. The number of carboxylic acids is 2. The van der Waals surface area contributed by atoms with Crippen molar-refractivity contribution in [3.63, 3.8) is 0 Å². The number of aliphatic carboxylic acids is 2. The van der Waals surface area contributed by atoms with Crippen molar-refractivity contribution in [2.45, 2.75) is 70.0 Å². The van der Waals surface area contributed by atoms with Crippen molar-refractivity contribution >= 4 is 11.9 Å². The summed E-state index contributed by atoms with van der Waals surface area (Å²) in [6, 6.07) is 5.87. The number of hydrogen-bond acceptors (Lipinski definition) is 5. The quantitative estimate of drug-likeness (QED) is 0.499. The Kier molecular flexibility index (Phi) is 9.69. The molecule has 0 heterocycles. The molecular weight excluding hydrogens is 336 g/mol. The first-order valence-corrected chi connectivity index (χ1v) is 9.04. The fraction of sp³-hybridized carbons (Fsp3) is 0.579. The Morgan fingerprint density at radius 1 is 1.12 bits per heavy atom. The van der Waals surface area contributed by atoms with Crippen molar-refractivity contribution in [2.75, 3.05) is 0 Å². The molecule has 26 heavy (non-hydrogen) atoms. The van der Waals surface area contributed by atoms with Gasteiger partial charge in [0.1, 0.15) is 17.8 Å². The van der Waals surface area contributed by atoms with E-state index in [0.29, 0.717) is 18.9 Å². The lowest BCUT2D eigenvalue weighted by molar-refractivity contribution is -0.140. The Morgan fingerprint density at radius 2 is 1.69 bits per heavy atom. The predicted molar refractivity (Wildman–Crippen MR) is 99.1 cm³/mol. The van der Waals surface area contributed by atoms with Crippen molar-refractivity contribution < 1.29 is 24.9 Å². The lowest BCUT2D eigenvalue weighted by Crippen LogP contribution is -2.42. The highest BCUT2D eigenvalue weighted by Gasteiger charge is 2.18. The summed E-state index contributed by atoms with van der Waals surface area (Å²) in [6.45, 7) is 1.71. The molecule has 2 rings (SSSR count). The number of phenols is 1. The molecule has 1 aliphatic carbocycles. The van der Waals surface area contributed by atoms with E-state index in [2.05, 4.69) is 5.32 Å². The van der Waals surface area contributed by atoms with Crippen molar-refractivity contribution in [1.29, 1.82) is 0 Å². The third-order valence-electron chi connectivity index (χ3n) is 4.46. The number of phenolic OH excluding ortho intramolecular Hbond substituents is 1. The SMILES string of the molecule is C[C@H](NC1CCCCC1)C(=O)O.N[C@@H](CCc1ccc(O)cc1)C(=O)O. The second-order valence-corrected chi connectivity index (χ2v) is 6.71. The van der Waals surface area contributed by atoms with Gasteiger partial charge in [0, 0.05) is 6.04 Å². The summed E-state index contributed by atoms with van der Waals surface area (Å²) in [6.07, 6.45) is 7.07. The van der Waals surface area contributed by atoms with Gasteiger partial charge in [0.15, 0.2) is 0 Å². The van der Waals surface area contributed by atoms with Crippen LogP contribution in [0.4, 0.5) is 0 Å². The molecule has 0 unspecified atom stereocenters. The molecule has 6 N–H and O–H groups in total. The number of nitrogens with one attached hydrogen (secondary N) is 1. The van der Waals surface area contributed by atoms with Gasteiger partial charge in [-0.15, -0.1) is 0 Å². The summed E-state index contributed by atoms with van der Waals surface area (Å²) in [7, 11) is 0. The fourth-order valence-corrected chi connectivity index (χ4v) is 2.80. The minimum Gasteiger partial charge on any atom is -0.508 e. The number of aryl methyl sites for hydroxylation is 1. The van der Waals surface area contributed by atoms with Gasteiger partial charge in [0.05, 0.1) is 0 Å². The van der Waals surface area contributed by atoms with Crippen LogP contribution in [0.25, 0.3) is 0 Å². The van der Waals surface area contributed by atoms with Crippen molar-refractivity contribution in [3.05, 3.63) is 29.8 Å². The Labute approximate surface area is 154 Å². The maximum atomic E-state index is 10.5. The van der Waals surface area contributed by atoms with Gasteiger partial charge in [-0.1, -0.05) is 31.4 Å². The van der Waals surface area contributed by atoms with E-state index in [4.69, 9.17) is 21.1 Å². The number of hydrogen-bond donors (Lipinski definition) is 5. The van der Waals surface area contributed by atoms with Gasteiger partial charge < -0.3 is 26.4 Å². The zero-order valence-corrected chi connectivity index (χ0v) is 15.2. The lowest BCUT2D eigenvalue weighted by atomic mass is 9.95. The molecule has 0 aliphatic heterocycles. The zero-order chi connectivity index (χ0) is 19.5. The molecule has 0 saturated heterocycles. The molecule has 7 heteroatoms. The summed E-state index contributed by atoms with van der Waals surface area (Å²) in [4.78, 5) is 20.9. The summed E-state index contributed by atoms with van der Waals surface area (Å²) in [5, 5.41) is 29.3. The third kappa shape index (κ3) is 8.82. The van der Waals surface area contributed by atoms with Gasteiger partial charge in [-0.2, -0.15) is 0 Å². The number of carbonyl (C=O) groups is 2. The average molecular weight is 366 g/mol. The summed E-state index contributed by atoms with van der Waals surface area (Å²) in [5.74, 6) is -1.53. The second kappa shape index (κ2) is 11.5. The van der Waals surface area contributed by atoms with Crippen LogP contribution in [0.2, 0.25) is 0 Å². The number of carboxylic acid groups (broad SMARTS) is 2. The standard InChI is InChI=1S/C10H13NO3.C9H17NO2/c11-9(10(13)14)6-3-7-1-4-8(12)5-2-7;1-7(9(11)12)10-8-5-3-2-4-6-8/h1-2,4-5,9,12H,3,6,11H2,(H,13,14);7-8,10H,2-6H2,1H3,(H,11,12)/t9-;7-/m00/s1. The van der Waals surface area contributed by atoms with Gasteiger partial charge in [-0.05, 0) is 50.3 Å². The molecule has 1 aromatic rings. The summed E-state index contributed by atoms with van der Waals surface area (Å²) < 4.78 is 0. The Bertz CT molecular complexity index is 556. The van der Waals surface area contributed by atoms with E-state index in [9.17, 15) is 9.59 Å². The van der Waals surface area contributed by atoms with Crippen LogP contribution in [0.3, 0.4) is 0 Å². The normalized spacial score (nSPS) is 16.8. The van der Waals surface area contributed by atoms with Gasteiger partial charge in [0.2, 0.25) is 0 Å². The van der Waals surface area contributed by atoms with Crippen LogP contribution in [0, 0.1) is 0 Å². The van der Waals surface area contributed by atoms with E-state index in [0.717, 1.165) is 18.4 Å². The zero-order valence-electron chi connectivity index (χ0n) is 15.2. The number of nitrogens with two attached hydrogens (primary N) is 1. The lowest BCUT2D eigenvalue weighted by Gasteiger charge is -2.24. The summed E-state index contributed by atoms with van der Waals surface area (Å²) >= 11 is 0. The number of rotatable bonds is 7. The minimum absolute atomic E-state index is 0.205. The number of aromatic hydroxyl groups is 1. The van der Waals surface area contributed by atoms with E-state index < -0.39 is 24.0 Å². The molecule has 7 nitrogen and oxygen atoms in total. The first-order valence-electron chi connectivity index (χ1n) is 9.04. The van der Waals surface area contributed by atoms with Gasteiger partial charge in [-0.3, -0.25) is 9.59 Å². The second-order valence-electron chi connectivity index (χ2n) is 6.71. The Hall–Kier alpha value is -2.12. The largest absolute Gasteiger partial charge is 0.508 e. The Morgan fingerprint density at radius 3 is 2.19 bits per heavy atom. The fourth-order valence-electron chi connectivity index (χ4n) is 2.80. The van der Waals surface area contributed by atoms with E-state index in [-0.39, 0.29) is 5.75 Å². The number of benzene rings is 1. The highest BCUT2D eigenvalue weighted by molar-refractivity contribution is 5.73. The van der Waals surface area contributed by atoms with E-state index in [1.807, 2.05) is 0 Å². The van der Waals surface area contributed by atoms with Crippen LogP contribution in [-0.4, -0.2) is 45.4 Å². The average Bonchev–Trinajstić information content (AvgIpc) is 2.62. The van der Waals surface area contributed by atoms with Crippen molar-refractivity contribution in [2.24, 2.45) is 5.73 Å². The molecule has 0 bridgehead atoms. The van der Waals surface area contributed by atoms with Crippen LogP contribution in [0.1, 0.15) is 51.0 Å². The maximum absolute atomic E-state index is 10.5. The molecule has 2 atom stereocenters. The first kappa shape index (κ1) is 21.9. The van der Waals surface area contributed by atoms with E-state index >= 15 is 0 Å². The predicted octanol–water partition coefficient (Wildman–Crippen LogP) is 2.12. The van der Waals surface area contributed by atoms with Crippen LogP contribution in [0.5, 0.6) is 5.75 Å². The third-order valence-corrected chi connectivity index (χ3v) is 4.46. The van der Waals surface area contributed by atoms with E-state index in [1.165, 1.54) is 19.3 Å². The molecule has 0 aromatic heterocycles. The topological polar surface area (TPSA) is 133 Å². The molecule has 1 fully saturated rings. The van der Waals surface area contributed by atoms with Crippen LogP contribution >= 0.6 is 0 Å². The molecule has 0 spiro atoms. The molecule has 1 aliphatic rings. The van der Waals surface area contributed by atoms with Crippen molar-refractivity contribution in [3.8, 4) is 5.75 Å². The minimum atomic E-state index is -0.983. The van der Waals surface area contributed by atoms with Crippen LogP contribution in [0.15, 0.2) is 24.3 Å². The molecule has 0 amide bonds. The van der Waals surface area contributed by atoms with Crippen LogP contribution < -0.4 is 11.1 Å². The molecular formula is C19H30N2O5. The Balaban J connectivity index is 0.000000263. The molecule has 1 aromatic carbocycles. The van der Waals surface area contributed by atoms with Gasteiger partial charge in [0.25, 0.3) is 0 Å². The monoisotopic (exact) mass is 366 g/mol. The van der Waals surface area contributed by atoms with Gasteiger partial charge >= 0.3 is 11.9 Å². The highest BCUT2D eigenvalue weighted by Crippen LogP contribution is 2.17. The molecule has 1 saturated carbocycles. The van der Waals surface area contributed by atoms with E-state index in [1.54, 1.807) is 31.2 Å². The maximum Gasteiger partial charge on any atom is 0.320 e. The van der Waals surface area contributed by atoms with Crippen LogP contribution in [-0.2, 0) is 16.0 Å². The molecule has 0 radical (unpaired) electrons.